The molecular formula is C23H28F2N2O3. The third kappa shape index (κ3) is 6.24. The van der Waals surface area contributed by atoms with Gasteiger partial charge in [-0.1, -0.05) is 24.3 Å². The zero-order chi connectivity index (χ0) is 21.4. The first-order valence-electron chi connectivity index (χ1n) is 10.2. The van der Waals surface area contributed by atoms with Crippen molar-refractivity contribution in [1.29, 1.82) is 0 Å². The molecule has 0 radical (unpaired) electrons. The quantitative estimate of drug-likeness (QED) is 0.713. The zero-order valence-corrected chi connectivity index (χ0v) is 17.2. The number of carbonyl (C=O) groups is 1. The number of likely N-dealkylation sites (tertiary alicyclic amines) is 1. The first-order chi connectivity index (χ1) is 14.5. The van der Waals surface area contributed by atoms with Crippen molar-refractivity contribution in [1.82, 2.24) is 10.2 Å². The molecule has 162 valence electrons. The first kappa shape index (κ1) is 22.2. The minimum absolute atomic E-state index is 0.0770. The van der Waals surface area contributed by atoms with E-state index in [-0.39, 0.29) is 30.6 Å². The maximum absolute atomic E-state index is 13.8. The number of amides is 1. The van der Waals surface area contributed by atoms with Crippen LogP contribution in [0, 0.1) is 11.6 Å². The van der Waals surface area contributed by atoms with Crippen LogP contribution < -0.4 is 10.1 Å². The average Bonchev–Trinajstić information content (AvgIpc) is 2.95. The van der Waals surface area contributed by atoms with E-state index in [1.165, 1.54) is 18.2 Å². The van der Waals surface area contributed by atoms with E-state index < -0.39 is 11.4 Å². The summed E-state index contributed by atoms with van der Waals surface area (Å²) in [7, 11) is 1.65. The predicted octanol–water partition coefficient (Wildman–Crippen LogP) is 3.53. The molecule has 2 aromatic rings. The van der Waals surface area contributed by atoms with Gasteiger partial charge in [-0.15, -0.1) is 0 Å². The number of nitrogens with one attached hydrogen (secondary N) is 1. The lowest BCUT2D eigenvalue weighted by Crippen LogP contribution is -2.41. The summed E-state index contributed by atoms with van der Waals surface area (Å²) >= 11 is 0. The molecule has 0 aromatic heterocycles. The van der Waals surface area contributed by atoms with E-state index in [2.05, 4.69) is 10.2 Å². The normalized spacial score (nSPS) is 19.8. The molecule has 1 amide bonds. The van der Waals surface area contributed by atoms with Gasteiger partial charge in [0.2, 0.25) is 5.91 Å². The molecule has 1 atom stereocenters. The molecule has 1 N–H and O–H groups in total. The first-order valence-corrected chi connectivity index (χ1v) is 10.2. The van der Waals surface area contributed by atoms with Crippen molar-refractivity contribution < 1.29 is 23.0 Å². The molecule has 0 saturated carbocycles. The maximum atomic E-state index is 13.8. The molecule has 30 heavy (non-hydrogen) atoms. The molecule has 0 spiro atoms. The summed E-state index contributed by atoms with van der Waals surface area (Å²) in [5, 5.41) is 2.87. The van der Waals surface area contributed by atoms with Gasteiger partial charge in [-0.2, -0.15) is 0 Å². The predicted molar refractivity (Wildman–Crippen MR) is 110 cm³/mol. The van der Waals surface area contributed by atoms with Crippen LogP contribution in [0.25, 0.3) is 0 Å². The van der Waals surface area contributed by atoms with Crippen molar-refractivity contribution in [2.45, 2.75) is 31.4 Å². The molecule has 1 fully saturated rings. The molecule has 5 nitrogen and oxygen atoms in total. The Balaban J connectivity index is 1.48. The summed E-state index contributed by atoms with van der Waals surface area (Å²) in [6.45, 7) is 2.36. The third-order valence-electron chi connectivity index (χ3n) is 5.52. The van der Waals surface area contributed by atoms with Gasteiger partial charge in [-0.25, -0.2) is 8.78 Å². The summed E-state index contributed by atoms with van der Waals surface area (Å²) in [6, 6.07) is 12.4. The van der Waals surface area contributed by atoms with Gasteiger partial charge >= 0.3 is 0 Å². The Labute approximate surface area is 176 Å². The number of hydrogen-bond donors (Lipinski definition) is 1. The molecule has 2 aromatic carbocycles. The highest BCUT2D eigenvalue weighted by Crippen LogP contribution is 2.28. The number of methoxy groups -OCH3 is 1. The lowest BCUT2D eigenvalue weighted by atomic mass is 9.95. The summed E-state index contributed by atoms with van der Waals surface area (Å²) in [6.07, 6.45) is 2.30. The van der Waals surface area contributed by atoms with Crippen LogP contribution in [0.15, 0.2) is 48.5 Å². The molecule has 0 unspecified atom stereocenters. The van der Waals surface area contributed by atoms with E-state index in [1.807, 2.05) is 0 Å². The minimum atomic E-state index is -0.512. The van der Waals surface area contributed by atoms with Crippen LogP contribution in [-0.4, -0.2) is 49.8 Å². The van der Waals surface area contributed by atoms with E-state index in [0.29, 0.717) is 19.5 Å². The highest BCUT2D eigenvalue weighted by molar-refractivity contribution is 5.78. The fourth-order valence-electron chi connectivity index (χ4n) is 3.62. The Morgan fingerprint density at radius 1 is 1.10 bits per heavy atom. The van der Waals surface area contributed by atoms with Crippen LogP contribution in [0.2, 0.25) is 0 Å². The van der Waals surface area contributed by atoms with Gasteiger partial charge in [0.15, 0.2) is 11.6 Å². The number of hydrogen-bond acceptors (Lipinski definition) is 4. The van der Waals surface area contributed by atoms with E-state index in [4.69, 9.17) is 9.47 Å². The summed E-state index contributed by atoms with van der Waals surface area (Å²) < 4.78 is 38.3. The highest BCUT2D eigenvalue weighted by atomic mass is 19.1. The lowest BCUT2D eigenvalue weighted by Gasteiger charge is -2.31. The van der Waals surface area contributed by atoms with Crippen molar-refractivity contribution in [3.63, 3.8) is 0 Å². The molecular weight excluding hydrogens is 390 g/mol. The Morgan fingerprint density at radius 2 is 1.87 bits per heavy atom. The topological polar surface area (TPSA) is 50.8 Å². The van der Waals surface area contributed by atoms with Gasteiger partial charge < -0.3 is 14.8 Å². The van der Waals surface area contributed by atoms with Gasteiger partial charge in [0.1, 0.15) is 18.0 Å². The van der Waals surface area contributed by atoms with E-state index in [1.54, 1.807) is 37.4 Å². The summed E-state index contributed by atoms with van der Waals surface area (Å²) in [4.78, 5) is 14.4. The SMILES string of the molecule is CO[C@@]1(COc2ccccc2F)CCCN(CC(=O)NCc2ccc(F)cc2)CC1. The van der Waals surface area contributed by atoms with Crippen LogP contribution in [0.5, 0.6) is 5.75 Å². The number of para-hydroxylation sites is 1. The fraction of sp³-hybridized carbons (Fsp3) is 0.435. The van der Waals surface area contributed by atoms with Crippen LogP contribution in [0.3, 0.4) is 0 Å². The standard InChI is InChI=1S/C23H28F2N2O3/c1-29-23(17-30-21-6-3-2-5-20(21)25)11-4-13-27(14-12-23)16-22(28)26-15-18-7-9-19(24)10-8-18/h2-3,5-10H,4,11-17H2,1H3,(H,26,28)/t23-/m0/s1. The second kappa shape index (κ2) is 10.5. The molecule has 1 aliphatic rings. The van der Waals surface area contributed by atoms with Crippen LogP contribution in [0.1, 0.15) is 24.8 Å². The average molecular weight is 418 g/mol. The Kier molecular flexibility index (Phi) is 7.76. The monoisotopic (exact) mass is 418 g/mol. The number of halogens is 2. The van der Waals surface area contributed by atoms with Crippen molar-refractivity contribution in [3.8, 4) is 5.75 Å². The second-order valence-corrected chi connectivity index (χ2v) is 7.64. The Bertz CT molecular complexity index is 831. The van der Waals surface area contributed by atoms with Gasteiger partial charge in [-0.05, 0) is 55.6 Å². The van der Waals surface area contributed by atoms with Gasteiger partial charge in [0, 0.05) is 20.2 Å². The number of carbonyl (C=O) groups excluding carboxylic acids is 1. The van der Waals surface area contributed by atoms with Gasteiger partial charge in [0.25, 0.3) is 0 Å². The number of rotatable bonds is 8. The molecule has 7 heteroatoms. The molecule has 0 bridgehead atoms. The van der Waals surface area contributed by atoms with Crippen molar-refractivity contribution >= 4 is 5.91 Å². The molecule has 1 heterocycles. The van der Waals surface area contributed by atoms with Crippen molar-refractivity contribution in [2.75, 3.05) is 33.4 Å². The summed E-state index contributed by atoms with van der Waals surface area (Å²) in [5.74, 6) is -0.547. The largest absolute Gasteiger partial charge is 0.488 e. The third-order valence-corrected chi connectivity index (χ3v) is 5.52. The maximum Gasteiger partial charge on any atom is 0.234 e. The van der Waals surface area contributed by atoms with Crippen molar-refractivity contribution in [3.05, 3.63) is 65.7 Å². The zero-order valence-electron chi connectivity index (χ0n) is 17.2. The molecule has 1 aliphatic heterocycles. The van der Waals surface area contributed by atoms with Gasteiger partial charge in [0.05, 0.1) is 6.54 Å². The van der Waals surface area contributed by atoms with E-state index in [0.717, 1.165) is 24.9 Å². The number of benzene rings is 2. The van der Waals surface area contributed by atoms with Crippen molar-refractivity contribution in [2.24, 2.45) is 0 Å². The smallest absolute Gasteiger partial charge is 0.234 e. The number of nitrogens with zero attached hydrogens (tertiary/aromatic N) is 1. The van der Waals surface area contributed by atoms with Gasteiger partial charge in [-0.3, -0.25) is 9.69 Å². The second-order valence-electron chi connectivity index (χ2n) is 7.64. The Morgan fingerprint density at radius 3 is 2.60 bits per heavy atom. The number of ether oxygens (including phenoxy) is 2. The van der Waals surface area contributed by atoms with E-state index >= 15 is 0 Å². The fourth-order valence-corrected chi connectivity index (χ4v) is 3.62. The van der Waals surface area contributed by atoms with Crippen LogP contribution in [-0.2, 0) is 16.1 Å². The molecule has 1 saturated heterocycles. The highest BCUT2D eigenvalue weighted by Gasteiger charge is 2.34. The minimum Gasteiger partial charge on any atom is -0.488 e. The van der Waals surface area contributed by atoms with Crippen LogP contribution in [0.4, 0.5) is 8.78 Å². The summed E-state index contributed by atoms with van der Waals surface area (Å²) in [5.41, 5.74) is 0.339. The molecule has 0 aliphatic carbocycles. The lowest BCUT2D eigenvalue weighted by molar-refractivity contribution is -0.122. The Hall–Kier alpha value is -2.51. The van der Waals surface area contributed by atoms with E-state index in [9.17, 15) is 13.6 Å². The molecule has 3 rings (SSSR count). The van der Waals surface area contributed by atoms with Crippen LogP contribution >= 0.6 is 0 Å².